The monoisotopic (exact) mass is 309 g/mol. The molecule has 22 heavy (non-hydrogen) atoms. The topological polar surface area (TPSA) is 110 Å². The molecule has 4 N–H and O–H groups in total. The summed E-state index contributed by atoms with van der Waals surface area (Å²) in [5, 5.41) is 19.6. The first-order valence-electron chi connectivity index (χ1n) is 7.34. The first-order valence-corrected chi connectivity index (χ1v) is 7.34. The van der Waals surface area contributed by atoms with Crippen LogP contribution >= 0.6 is 0 Å². The lowest BCUT2D eigenvalue weighted by molar-refractivity contribution is -0.143. The fourth-order valence-electron chi connectivity index (χ4n) is 2.01. The van der Waals surface area contributed by atoms with E-state index in [1.807, 2.05) is 0 Å². The number of aliphatic hydroxyl groups excluding tert-OH is 2. The van der Waals surface area contributed by atoms with Gasteiger partial charge in [-0.3, -0.25) is 9.59 Å². The van der Waals surface area contributed by atoms with Crippen molar-refractivity contribution in [3.05, 3.63) is 35.4 Å². The van der Waals surface area contributed by atoms with Crippen molar-refractivity contribution in [2.24, 2.45) is 5.73 Å². The fraction of sp³-hybridized carbons (Fsp3) is 0.500. The smallest absolute Gasteiger partial charge is 0.306 e. The maximum absolute atomic E-state index is 11.9. The lowest BCUT2D eigenvalue weighted by Gasteiger charge is -2.17. The van der Waals surface area contributed by atoms with Crippen molar-refractivity contribution in [2.75, 3.05) is 13.2 Å². The zero-order valence-electron chi connectivity index (χ0n) is 12.7. The van der Waals surface area contributed by atoms with E-state index in [9.17, 15) is 19.8 Å². The summed E-state index contributed by atoms with van der Waals surface area (Å²) >= 11 is 0. The van der Waals surface area contributed by atoms with E-state index in [1.54, 1.807) is 31.2 Å². The Labute approximate surface area is 129 Å². The van der Waals surface area contributed by atoms with Crippen LogP contribution in [-0.4, -0.2) is 41.2 Å². The molecule has 0 aliphatic carbocycles. The highest BCUT2D eigenvalue weighted by Crippen LogP contribution is 2.19. The number of benzene rings is 1. The molecule has 0 fully saturated rings. The van der Waals surface area contributed by atoms with E-state index in [-0.39, 0.29) is 25.2 Å². The van der Waals surface area contributed by atoms with Gasteiger partial charge in [-0.25, -0.2) is 0 Å². The quantitative estimate of drug-likeness (QED) is 0.463. The van der Waals surface area contributed by atoms with E-state index < -0.39 is 18.2 Å². The maximum Gasteiger partial charge on any atom is 0.306 e. The van der Waals surface area contributed by atoms with Crippen molar-refractivity contribution in [3.63, 3.8) is 0 Å². The van der Waals surface area contributed by atoms with Crippen molar-refractivity contribution in [2.45, 2.75) is 38.4 Å². The molecule has 0 spiro atoms. The molecule has 2 unspecified atom stereocenters. The van der Waals surface area contributed by atoms with Crippen LogP contribution in [0.15, 0.2) is 24.3 Å². The molecule has 1 aromatic carbocycles. The van der Waals surface area contributed by atoms with E-state index >= 15 is 0 Å². The summed E-state index contributed by atoms with van der Waals surface area (Å²) in [6.45, 7) is 2.29. The number of carbonyl (C=O) groups excluding carboxylic acids is 2. The predicted octanol–water partition coefficient (Wildman–Crippen LogP) is 0.956. The summed E-state index contributed by atoms with van der Waals surface area (Å²) in [7, 11) is 0. The van der Waals surface area contributed by atoms with Crippen LogP contribution in [0.4, 0.5) is 0 Å². The van der Waals surface area contributed by atoms with Crippen LogP contribution < -0.4 is 5.73 Å². The SMILES string of the molecule is CCOC(=O)CCC(=O)c1ccc(C(O)C(O)CCN)cc1. The van der Waals surface area contributed by atoms with Crippen LogP contribution in [0.1, 0.15) is 48.2 Å². The molecule has 2 atom stereocenters. The van der Waals surface area contributed by atoms with Gasteiger partial charge in [0.1, 0.15) is 6.10 Å². The lowest BCUT2D eigenvalue weighted by Crippen LogP contribution is -2.21. The minimum Gasteiger partial charge on any atom is -0.466 e. The van der Waals surface area contributed by atoms with Crippen LogP contribution in [0, 0.1) is 0 Å². The molecule has 0 saturated heterocycles. The highest BCUT2D eigenvalue weighted by atomic mass is 16.5. The van der Waals surface area contributed by atoms with Crippen LogP contribution in [0.2, 0.25) is 0 Å². The summed E-state index contributed by atoms with van der Waals surface area (Å²) in [6, 6.07) is 6.31. The molecule has 0 radical (unpaired) electrons. The number of hydrogen-bond acceptors (Lipinski definition) is 6. The minimum absolute atomic E-state index is 0.0479. The molecule has 0 heterocycles. The Morgan fingerprint density at radius 2 is 1.82 bits per heavy atom. The number of ether oxygens (including phenoxy) is 1. The molecule has 0 aromatic heterocycles. The Balaban J connectivity index is 2.60. The van der Waals surface area contributed by atoms with Gasteiger partial charge in [0.15, 0.2) is 5.78 Å². The van der Waals surface area contributed by atoms with Crippen molar-refractivity contribution >= 4 is 11.8 Å². The minimum atomic E-state index is -1.03. The summed E-state index contributed by atoms with van der Waals surface area (Å²) in [5.41, 5.74) is 6.30. The molecule has 0 aliphatic heterocycles. The third-order valence-electron chi connectivity index (χ3n) is 3.26. The third kappa shape index (κ3) is 5.55. The highest BCUT2D eigenvalue weighted by molar-refractivity contribution is 5.97. The Hall–Kier alpha value is -1.76. The van der Waals surface area contributed by atoms with Crippen LogP contribution in [0.25, 0.3) is 0 Å². The first-order chi connectivity index (χ1) is 10.5. The lowest BCUT2D eigenvalue weighted by atomic mass is 9.99. The van der Waals surface area contributed by atoms with Crippen molar-refractivity contribution < 1.29 is 24.5 Å². The number of esters is 1. The van der Waals surface area contributed by atoms with Crippen molar-refractivity contribution in [1.82, 2.24) is 0 Å². The van der Waals surface area contributed by atoms with Gasteiger partial charge in [0.2, 0.25) is 0 Å². The normalized spacial score (nSPS) is 13.5. The van der Waals surface area contributed by atoms with Gasteiger partial charge in [-0.05, 0) is 25.5 Å². The molecule has 0 saturated carbocycles. The van der Waals surface area contributed by atoms with Gasteiger partial charge in [-0.2, -0.15) is 0 Å². The highest BCUT2D eigenvalue weighted by Gasteiger charge is 2.18. The van der Waals surface area contributed by atoms with E-state index in [2.05, 4.69) is 0 Å². The zero-order chi connectivity index (χ0) is 16.5. The second-order valence-corrected chi connectivity index (χ2v) is 4.94. The first kappa shape index (κ1) is 18.3. The average Bonchev–Trinajstić information content (AvgIpc) is 2.52. The van der Waals surface area contributed by atoms with Gasteiger partial charge in [-0.1, -0.05) is 24.3 Å². The number of ketones is 1. The Morgan fingerprint density at radius 1 is 1.18 bits per heavy atom. The molecular formula is C16H23NO5. The molecular weight excluding hydrogens is 286 g/mol. The maximum atomic E-state index is 11.9. The molecule has 122 valence electrons. The van der Waals surface area contributed by atoms with Crippen LogP contribution in [-0.2, 0) is 9.53 Å². The van der Waals surface area contributed by atoms with Crippen LogP contribution in [0.3, 0.4) is 0 Å². The molecule has 6 nitrogen and oxygen atoms in total. The number of hydrogen-bond donors (Lipinski definition) is 3. The molecule has 0 amide bonds. The number of Topliss-reactive ketones (excluding diaryl/α,β-unsaturated/α-hetero) is 1. The van der Waals surface area contributed by atoms with E-state index in [4.69, 9.17) is 10.5 Å². The Bertz CT molecular complexity index is 486. The summed E-state index contributed by atoms with van der Waals surface area (Å²) in [4.78, 5) is 23.1. The standard InChI is InChI=1S/C16H23NO5/c1-2-22-15(20)8-7-13(18)11-3-5-12(6-4-11)16(21)14(19)9-10-17/h3-6,14,16,19,21H,2,7-10,17H2,1H3. The third-order valence-corrected chi connectivity index (χ3v) is 3.26. The molecule has 1 rings (SSSR count). The van der Waals surface area contributed by atoms with E-state index in [0.29, 0.717) is 24.2 Å². The molecule has 0 aliphatic rings. The van der Waals surface area contributed by atoms with Crippen LogP contribution in [0.5, 0.6) is 0 Å². The summed E-state index contributed by atoms with van der Waals surface area (Å²) in [5.74, 6) is -0.565. The van der Waals surface area contributed by atoms with E-state index in [0.717, 1.165) is 0 Å². The second-order valence-electron chi connectivity index (χ2n) is 4.94. The Kier molecular flexibility index (Phi) is 7.73. The fourth-order valence-corrected chi connectivity index (χ4v) is 2.01. The van der Waals surface area contributed by atoms with Gasteiger partial charge in [0.05, 0.1) is 19.1 Å². The van der Waals surface area contributed by atoms with Gasteiger partial charge < -0.3 is 20.7 Å². The second kappa shape index (κ2) is 9.30. The molecule has 0 bridgehead atoms. The van der Waals surface area contributed by atoms with Gasteiger partial charge in [-0.15, -0.1) is 0 Å². The predicted molar refractivity (Wildman–Crippen MR) is 81.3 cm³/mol. The van der Waals surface area contributed by atoms with Gasteiger partial charge in [0, 0.05) is 12.0 Å². The number of carbonyl (C=O) groups is 2. The largest absolute Gasteiger partial charge is 0.466 e. The van der Waals surface area contributed by atoms with E-state index in [1.165, 1.54) is 0 Å². The molecule has 6 heteroatoms. The summed E-state index contributed by atoms with van der Waals surface area (Å²) < 4.78 is 4.77. The average molecular weight is 309 g/mol. The molecule has 1 aromatic rings. The zero-order valence-corrected chi connectivity index (χ0v) is 12.7. The van der Waals surface area contributed by atoms with Gasteiger partial charge in [0.25, 0.3) is 0 Å². The number of aliphatic hydroxyl groups is 2. The number of nitrogens with two attached hydrogens (primary N) is 1. The summed E-state index contributed by atoms with van der Waals surface area (Å²) in [6.07, 6.45) is -1.55. The van der Waals surface area contributed by atoms with Crippen molar-refractivity contribution in [1.29, 1.82) is 0 Å². The number of rotatable bonds is 9. The Morgan fingerprint density at radius 3 is 2.36 bits per heavy atom. The van der Waals surface area contributed by atoms with Gasteiger partial charge >= 0.3 is 5.97 Å². The van der Waals surface area contributed by atoms with Crippen molar-refractivity contribution in [3.8, 4) is 0 Å².